The quantitative estimate of drug-likeness (QED) is 0.619. The summed E-state index contributed by atoms with van der Waals surface area (Å²) < 4.78 is 0. The van der Waals surface area contributed by atoms with Gasteiger partial charge in [0.15, 0.2) is 0 Å². The van der Waals surface area contributed by atoms with E-state index in [1.54, 1.807) is 0 Å². The molecule has 19 heavy (non-hydrogen) atoms. The van der Waals surface area contributed by atoms with Gasteiger partial charge in [-0.15, -0.1) is 0 Å². The molecule has 1 fully saturated rings. The molecule has 2 rings (SSSR count). The van der Waals surface area contributed by atoms with Gasteiger partial charge in [0.1, 0.15) is 5.69 Å². The lowest BCUT2D eigenvalue weighted by Gasteiger charge is -2.12. The topological polar surface area (TPSA) is 110 Å². The van der Waals surface area contributed by atoms with Crippen molar-refractivity contribution in [1.82, 2.24) is 5.32 Å². The van der Waals surface area contributed by atoms with E-state index < -0.39 is 9.85 Å². The van der Waals surface area contributed by atoms with Crippen LogP contribution in [0.25, 0.3) is 0 Å². The lowest BCUT2D eigenvalue weighted by Crippen LogP contribution is -2.29. The third kappa shape index (κ3) is 3.16. The monoisotopic (exact) mass is 266 g/mol. The molecule has 102 valence electrons. The summed E-state index contributed by atoms with van der Waals surface area (Å²) in [6.45, 7) is 1.52. The molecule has 2 N–H and O–H groups in total. The van der Waals surface area contributed by atoms with Crippen LogP contribution >= 0.6 is 0 Å². The standard InChI is InChI=1S/C11H14N4O4/c16-14(17)9-3-4-10(11(6-9)15(18)19)13-7-8-2-1-5-12-8/h3-4,6,8,12-13H,1-2,5,7H2. The van der Waals surface area contributed by atoms with Crippen LogP contribution < -0.4 is 10.6 Å². The third-order valence-corrected chi connectivity index (χ3v) is 3.09. The van der Waals surface area contributed by atoms with Crippen LogP contribution in [0.15, 0.2) is 18.2 Å². The predicted octanol–water partition coefficient (Wildman–Crippen LogP) is 1.67. The summed E-state index contributed by atoms with van der Waals surface area (Å²) in [5, 5.41) is 27.8. The van der Waals surface area contributed by atoms with Gasteiger partial charge in [0.25, 0.3) is 11.4 Å². The highest BCUT2D eigenvalue weighted by molar-refractivity contribution is 5.65. The van der Waals surface area contributed by atoms with E-state index in [1.807, 2.05) is 0 Å². The Morgan fingerprint density at radius 2 is 2.11 bits per heavy atom. The van der Waals surface area contributed by atoms with Gasteiger partial charge >= 0.3 is 0 Å². The molecule has 1 aliphatic heterocycles. The van der Waals surface area contributed by atoms with Crippen molar-refractivity contribution in [2.75, 3.05) is 18.4 Å². The maximum absolute atomic E-state index is 10.9. The summed E-state index contributed by atoms with van der Waals surface area (Å²) in [5.74, 6) is 0. The highest BCUT2D eigenvalue weighted by Gasteiger charge is 2.20. The molecular weight excluding hydrogens is 252 g/mol. The largest absolute Gasteiger partial charge is 0.378 e. The van der Waals surface area contributed by atoms with Gasteiger partial charge in [-0.1, -0.05) is 0 Å². The molecule has 1 aromatic carbocycles. The number of nitro groups is 2. The second kappa shape index (κ2) is 5.61. The highest BCUT2D eigenvalue weighted by Crippen LogP contribution is 2.29. The van der Waals surface area contributed by atoms with Gasteiger partial charge in [-0.05, 0) is 25.5 Å². The zero-order chi connectivity index (χ0) is 13.8. The van der Waals surface area contributed by atoms with Crippen LogP contribution in [0.5, 0.6) is 0 Å². The smallest absolute Gasteiger partial charge is 0.299 e. The van der Waals surface area contributed by atoms with Crippen LogP contribution in [0.3, 0.4) is 0 Å². The number of non-ortho nitro benzene ring substituents is 1. The summed E-state index contributed by atoms with van der Waals surface area (Å²) in [5.41, 5.74) is -0.243. The van der Waals surface area contributed by atoms with Gasteiger partial charge in [0.05, 0.1) is 15.9 Å². The first-order chi connectivity index (χ1) is 9.08. The van der Waals surface area contributed by atoms with Crippen LogP contribution in [-0.2, 0) is 0 Å². The average Bonchev–Trinajstić information content (AvgIpc) is 2.89. The van der Waals surface area contributed by atoms with Crippen LogP contribution in [0.4, 0.5) is 17.1 Å². The molecule has 1 heterocycles. The number of hydrogen-bond donors (Lipinski definition) is 2. The normalized spacial score (nSPS) is 18.2. The van der Waals surface area contributed by atoms with E-state index >= 15 is 0 Å². The van der Waals surface area contributed by atoms with Crippen molar-refractivity contribution >= 4 is 17.1 Å². The van der Waals surface area contributed by atoms with E-state index in [9.17, 15) is 20.2 Å². The maximum atomic E-state index is 10.9. The fourth-order valence-electron chi connectivity index (χ4n) is 2.10. The molecule has 1 saturated heterocycles. The Kier molecular flexibility index (Phi) is 3.91. The van der Waals surface area contributed by atoms with E-state index in [2.05, 4.69) is 10.6 Å². The lowest BCUT2D eigenvalue weighted by atomic mass is 10.2. The Bertz CT molecular complexity index is 499. The Morgan fingerprint density at radius 1 is 1.32 bits per heavy atom. The molecule has 0 aromatic heterocycles. The highest BCUT2D eigenvalue weighted by atomic mass is 16.6. The first-order valence-corrected chi connectivity index (χ1v) is 5.98. The zero-order valence-electron chi connectivity index (χ0n) is 10.2. The Labute approximate surface area is 109 Å². The molecule has 1 unspecified atom stereocenters. The summed E-state index contributed by atoms with van der Waals surface area (Å²) in [7, 11) is 0. The van der Waals surface area contributed by atoms with E-state index in [0.29, 0.717) is 12.2 Å². The first-order valence-electron chi connectivity index (χ1n) is 5.98. The summed E-state index contributed by atoms with van der Waals surface area (Å²) in [6, 6.07) is 3.90. The number of rotatable bonds is 5. The van der Waals surface area contributed by atoms with E-state index in [-0.39, 0.29) is 17.4 Å². The van der Waals surface area contributed by atoms with Crippen molar-refractivity contribution in [3.8, 4) is 0 Å². The van der Waals surface area contributed by atoms with Crippen molar-refractivity contribution in [3.63, 3.8) is 0 Å². The number of nitrogens with zero attached hydrogens (tertiary/aromatic N) is 2. The van der Waals surface area contributed by atoms with Crippen molar-refractivity contribution < 1.29 is 9.85 Å². The average molecular weight is 266 g/mol. The predicted molar refractivity (Wildman–Crippen MR) is 69.3 cm³/mol. The van der Waals surface area contributed by atoms with Crippen LogP contribution in [0.2, 0.25) is 0 Å². The maximum Gasteiger partial charge on any atom is 0.299 e. The van der Waals surface area contributed by atoms with E-state index in [4.69, 9.17) is 0 Å². The summed E-state index contributed by atoms with van der Waals surface area (Å²) >= 11 is 0. The molecule has 1 atom stereocenters. The van der Waals surface area contributed by atoms with Gasteiger partial charge in [-0.3, -0.25) is 20.2 Å². The van der Waals surface area contributed by atoms with Crippen molar-refractivity contribution in [3.05, 3.63) is 38.4 Å². The number of anilines is 1. The molecule has 0 saturated carbocycles. The second-order valence-corrected chi connectivity index (χ2v) is 4.39. The molecule has 8 nitrogen and oxygen atoms in total. The zero-order valence-corrected chi connectivity index (χ0v) is 10.2. The Balaban J connectivity index is 2.14. The lowest BCUT2D eigenvalue weighted by molar-refractivity contribution is -0.393. The molecule has 0 radical (unpaired) electrons. The molecule has 0 spiro atoms. The first kappa shape index (κ1) is 13.2. The van der Waals surface area contributed by atoms with Crippen LogP contribution in [0, 0.1) is 20.2 Å². The Hall–Kier alpha value is -2.22. The number of benzene rings is 1. The van der Waals surface area contributed by atoms with E-state index in [0.717, 1.165) is 25.5 Å². The van der Waals surface area contributed by atoms with Gasteiger partial charge in [-0.25, -0.2) is 0 Å². The minimum absolute atomic E-state index is 0.271. The minimum atomic E-state index is -0.644. The number of nitro benzene ring substituents is 2. The summed E-state index contributed by atoms with van der Waals surface area (Å²) in [4.78, 5) is 20.3. The molecule has 0 bridgehead atoms. The Morgan fingerprint density at radius 3 is 2.68 bits per heavy atom. The molecule has 1 aromatic rings. The van der Waals surface area contributed by atoms with Gasteiger partial charge in [0, 0.05) is 18.7 Å². The molecule has 0 amide bonds. The van der Waals surface area contributed by atoms with Crippen LogP contribution in [-0.4, -0.2) is 29.0 Å². The molecule has 1 aliphatic rings. The minimum Gasteiger partial charge on any atom is -0.378 e. The van der Waals surface area contributed by atoms with Crippen molar-refractivity contribution in [2.45, 2.75) is 18.9 Å². The van der Waals surface area contributed by atoms with E-state index in [1.165, 1.54) is 12.1 Å². The van der Waals surface area contributed by atoms with Crippen molar-refractivity contribution in [2.24, 2.45) is 0 Å². The van der Waals surface area contributed by atoms with Gasteiger partial charge in [0.2, 0.25) is 0 Å². The molecule has 0 aliphatic carbocycles. The van der Waals surface area contributed by atoms with Crippen molar-refractivity contribution in [1.29, 1.82) is 0 Å². The molecular formula is C11H14N4O4. The third-order valence-electron chi connectivity index (χ3n) is 3.09. The van der Waals surface area contributed by atoms with Crippen LogP contribution in [0.1, 0.15) is 12.8 Å². The number of nitrogens with one attached hydrogen (secondary N) is 2. The summed E-state index contributed by atoms with van der Waals surface area (Å²) in [6.07, 6.45) is 2.11. The van der Waals surface area contributed by atoms with Gasteiger partial charge < -0.3 is 10.6 Å². The number of hydrogen-bond acceptors (Lipinski definition) is 6. The van der Waals surface area contributed by atoms with Gasteiger partial charge in [-0.2, -0.15) is 0 Å². The SMILES string of the molecule is O=[N+]([O-])c1ccc(NCC2CCCN2)c([N+](=O)[O-])c1. The fourth-order valence-corrected chi connectivity index (χ4v) is 2.10. The second-order valence-electron chi connectivity index (χ2n) is 4.39. The fraction of sp³-hybridized carbons (Fsp3) is 0.455. The molecule has 8 heteroatoms.